The smallest absolute Gasteiger partial charge is 0.138 e. The van der Waals surface area contributed by atoms with Crippen molar-refractivity contribution in [3.8, 4) is 11.1 Å². The highest BCUT2D eigenvalue weighted by Crippen LogP contribution is 2.33. The normalized spacial score (nSPS) is 15.7. The van der Waals surface area contributed by atoms with Crippen molar-refractivity contribution < 1.29 is 4.21 Å². The Morgan fingerprint density at radius 3 is 2.69 bits per heavy atom. The van der Waals surface area contributed by atoms with Gasteiger partial charge in [-0.1, -0.05) is 23.7 Å². The maximum absolute atomic E-state index is 11.7. The van der Waals surface area contributed by atoms with E-state index in [1.807, 2.05) is 31.3 Å². The molecule has 136 valence electrons. The van der Waals surface area contributed by atoms with Crippen molar-refractivity contribution in [1.82, 2.24) is 9.38 Å². The van der Waals surface area contributed by atoms with Crippen LogP contribution in [0, 0.1) is 6.92 Å². The largest absolute Gasteiger partial charge is 0.355 e. The zero-order valence-electron chi connectivity index (χ0n) is 14.6. The maximum atomic E-state index is 11.7. The van der Waals surface area contributed by atoms with Crippen LogP contribution < -0.4 is 10.6 Å². The molecule has 1 fully saturated rings. The molecule has 4 rings (SSSR count). The molecule has 0 spiro atoms. The van der Waals surface area contributed by atoms with Crippen LogP contribution in [0.1, 0.15) is 11.1 Å². The lowest BCUT2D eigenvalue weighted by Crippen LogP contribution is -2.38. The summed E-state index contributed by atoms with van der Waals surface area (Å²) in [6.45, 7) is 4.00. The van der Waals surface area contributed by atoms with Gasteiger partial charge in [-0.2, -0.15) is 0 Å². The number of halogens is 1. The van der Waals surface area contributed by atoms with Crippen molar-refractivity contribution >= 4 is 33.9 Å². The second-order valence-electron chi connectivity index (χ2n) is 6.58. The number of hydrogen-bond acceptors (Lipinski definition) is 4. The van der Waals surface area contributed by atoms with Gasteiger partial charge in [0.15, 0.2) is 0 Å². The summed E-state index contributed by atoms with van der Waals surface area (Å²) in [4.78, 5) is 6.79. The van der Waals surface area contributed by atoms with Crippen LogP contribution >= 0.6 is 11.6 Å². The molecular formula is C19H21ClN4OS. The average Bonchev–Trinajstić information content (AvgIpc) is 3.04. The van der Waals surface area contributed by atoms with Gasteiger partial charge in [0.05, 0.1) is 6.20 Å². The summed E-state index contributed by atoms with van der Waals surface area (Å²) in [6.07, 6.45) is 3.95. The first-order valence-corrected chi connectivity index (χ1v) is 10.5. The minimum atomic E-state index is -0.706. The first-order chi connectivity index (χ1) is 12.6. The first kappa shape index (κ1) is 17.5. The quantitative estimate of drug-likeness (QED) is 0.749. The van der Waals surface area contributed by atoms with Crippen molar-refractivity contribution in [2.75, 3.05) is 29.5 Å². The summed E-state index contributed by atoms with van der Waals surface area (Å²) in [7, 11) is -0.706. The fraction of sp³-hybridized carbons (Fsp3) is 0.316. The topological polar surface area (TPSA) is 63.6 Å². The maximum Gasteiger partial charge on any atom is 0.138 e. The highest BCUT2D eigenvalue weighted by Gasteiger charge is 2.20. The Morgan fingerprint density at radius 1 is 1.23 bits per heavy atom. The Balaban J connectivity index is 1.85. The molecule has 0 amide bonds. The Kier molecular flexibility index (Phi) is 4.73. The number of rotatable bonds is 3. The number of nitrogens with two attached hydrogens (primary N) is 1. The second-order valence-corrected chi connectivity index (χ2v) is 8.68. The van der Waals surface area contributed by atoms with Gasteiger partial charge in [0.25, 0.3) is 0 Å². The van der Waals surface area contributed by atoms with Crippen molar-refractivity contribution in [2.45, 2.75) is 13.5 Å². The van der Waals surface area contributed by atoms with Gasteiger partial charge in [-0.3, -0.25) is 8.61 Å². The van der Waals surface area contributed by atoms with E-state index in [4.69, 9.17) is 17.3 Å². The second kappa shape index (κ2) is 7.02. The third-order valence-electron chi connectivity index (χ3n) is 4.85. The number of aromatic nitrogens is 2. The molecule has 2 N–H and O–H groups in total. The predicted molar refractivity (Wildman–Crippen MR) is 108 cm³/mol. The Morgan fingerprint density at radius 2 is 2.00 bits per heavy atom. The van der Waals surface area contributed by atoms with Crippen LogP contribution in [0.15, 0.2) is 36.7 Å². The van der Waals surface area contributed by atoms with Crippen LogP contribution in [-0.4, -0.2) is 38.2 Å². The molecule has 3 aromatic rings. The number of hydrogen-bond donors (Lipinski definition) is 1. The van der Waals surface area contributed by atoms with Crippen LogP contribution in [0.4, 0.5) is 5.82 Å². The molecule has 2 aromatic heterocycles. The van der Waals surface area contributed by atoms with E-state index >= 15 is 0 Å². The van der Waals surface area contributed by atoms with E-state index in [2.05, 4.69) is 26.5 Å². The summed E-state index contributed by atoms with van der Waals surface area (Å²) in [5, 5.41) is 0.717. The fourth-order valence-corrected chi connectivity index (χ4v) is 4.79. The van der Waals surface area contributed by atoms with Crippen LogP contribution in [0.3, 0.4) is 0 Å². The van der Waals surface area contributed by atoms with E-state index in [0.717, 1.165) is 46.8 Å². The van der Waals surface area contributed by atoms with Crippen LogP contribution in [0.5, 0.6) is 0 Å². The summed E-state index contributed by atoms with van der Waals surface area (Å²) in [5.74, 6) is 2.42. The molecule has 0 radical (unpaired) electrons. The number of aryl methyl sites for hydroxylation is 1. The molecule has 0 aliphatic carbocycles. The third kappa shape index (κ3) is 3.13. The fourth-order valence-electron chi connectivity index (χ4n) is 3.40. The molecule has 7 heteroatoms. The lowest BCUT2D eigenvalue weighted by atomic mass is 10.0. The van der Waals surface area contributed by atoms with E-state index in [9.17, 15) is 4.21 Å². The van der Waals surface area contributed by atoms with Gasteiger partial charge in [-0.15, -0.1) is 0 Å². The van der Waals surface area contributed by atoms with E-state index in [1.54, 1.807) is 0 Å². The minimum absolute atomic E-state index is 0.418. The van der Waals surface area contributed by atoms with Gasteiger partial charge < -0.3 is 10.6 Å². The van der Waals surface area contributed by atoms with Gasteiger partial charge in [0.2, 0.25) is 0 Å². The van der Waals surface area contributed by atoms with Crippen molar-refractivity contribution in [1.29, 1.82) is 0 Å². The summed E-state index contributed by atoms with van der Waals surface area (Å²) < 4.78 is 13.7. The lowest BCUT2D eigenvalue weighted by molar-refractivity contribution is 0.672. The van der Waals surface area contributed by atoms with Crippen molar-refractivity contribution in [3.05, 3.63) is 52.8 Å². The SMILES string of the molecule is Cc1ccc(-c2cn3c(N4CCS(=O)CC4)cnc3cc2CN)c(Cl)c1. The number of anilines is 1. The Labute approximate surface area is 160 Å². The predicted octanol–water partition coefficient (Wildman–Crippen LogP) is 2.99. The molecule has 1 saturated heterocycles. The Hall–Kier alpha value is -1.89. The highest BCUT2D eigenvalue weighted by molar-refractivity contribution is 7.85. The number of imidazole rings is 1. The number of nitrogens with zero attached hydrogens (tertiary/aromatic N) is 3. The monoisotopic (exact) mass is 388 g/mol. The molecular weight excluding hydrogens is 368 g/mol. The Bertz CT molecular complexity index is 991. The van der Waals surface area contributed by atoms with Gasteiger partial charge in [0.1, 0.15) is 11.5 Å². The van der Waals surface area contributed by atoms with E-state index in [0.29, 0.717) is 23.1 Å². The molecule has 0 atom stereocenters. The first-order valence-electron chi connectivity index (χ1n) is 8.63. The molecule has 5 nitrogen and oxygen atoms in total. The molecule has 1 aliphatic heterocycles. The van der Waals surface area contributed by atoms with Gasteiger partial charge in [-0.25, -0.2) is 4.98 Å². The molecule has 26 heavy (non-hydrogen) atoms. The number of pyridine rings is 1. The van der Waals surface area contributed by atoms with E-state index in [-0.39, 0.29) is 0 Å². The molecule has 3 heterocycles. The van der Waals surface area contributed by atoms with Crippen molar-refractivity contribution in [3.63, 3.8) is 0 Å². The summed E-state index contributed by atoms with van der Waals surface area (Å²) >= 11 is 6.51. The van der Waals surface area contributed by atoms with Crippen LogP contribution in [0.25, 0.3) is 16.8 Å². The number of fused-ring (bicyclic) bond motifs is 1. The van der Waals surface area contributed by atoms with Crippen molar-refractivity contribution in [2.24, 2.45) is 5.73 Å². The third-order valence-corrected chi connectivity index (χ3v) is 6.44. The van der Waals surface area contributed by atoms with E-state index in [1.165, 1.54) is 0 Å². The van der Waals surface area contributed by atoms with Gasteiger partial charge in [0, 0.05) is 64.3 Å². The van der Waals surface area contributed by atoms with Gasteiger partial charge in [-0.05, 0) is 30.2 Å². The summed E-state index contributed by atoms with van der Waals surface area (Å²) in [6, 6.07) is 8.09. The summed E-state index contributed by atoms with van der Waals surface area (Å²) in [5.41, 5.74) is 11.0. The highest BCUT2D eigenvalue weighted by atomic mass is 35.5. The van der Waals surface area contributed by atoms with E-state index < -0.39 is 10.8 Å². The van der Waals surface area contributed by atoms with Crippen LogP contribution in [-0.2, 0) is 17.3 Å². The molecule has 1 aliphatic rings. The average molecular weight is 389 g/mol. The molecule has 1 aromatic carbocycles. The van der Waals surface area contributed by atoms with Gasteiger partial charge >= 0.3 is 0 Å². The lowest BCUT2D eigenvalue weighted by Gasteiger charge is -2.27. The zero-order valence-corrected chi connectivity index (χ0v) is 16.2. The van der Waals surface area contributed by atoms with Crippen LogP contribution in [0.2, 0.25) is 5.02 Å². The standard InChI is InChI=1S/C19H21ClN4OS/c1-13-2-3-15(17(20)8-13)16-12-24-18(9-14(16)10-21)22-11-19(24)23-4-6-26(25)7-5-23/h2-3,8-9,11-12H,4-7,10,21H2,1H3. The molecule has 0 bridgehead atoms. The molecule has 0 unspecified atom stereocenters. The zero-order chi connectivity index (χ0) is 18.3. The molecule has 0 saturated carbocycles. The number of benzene rings is 1. The minimum Gasteiger partial charge on any atom is -0.355 e.